The topological polar surface area (TPSA) is 67.0 Å². The molecule has 1 aliphatic rings. The maximum absolute atomic E-state index is 12.5. The van der Waals surface area contributed by atoms with Crippen molar-refractivity contribution in [1.82, 2.24) is 15.5 Å². The van der Waals surface area contributed by atoms with E-state index >= 15 is 0 Å². The molecular formula is C17H20BrN3O2. The van der Waals surface area contributed by atoms with Gasteiger partial charge < -0.3 is 10.1 Å². The Morgan fingerprint density at radius 1 is 1.48 bits per heavy atom. The minimum absolute atomic E-state index is 0.0611. The number of hydrogen-bond donors (Lipinski definition) is 2. The van der Waals surface area contributed by atoms with Gasteiger partial charge in [0.25, 0.3) is 5.91 Å². The lowest BCUT2D eigenvalue weighted by Gasteiger charge is -2.26. The summed E-state index contributed by atoms with van der Waals surface area (Å²) in [6, 6.07) is 7.63. The van der Waals surface area contributed by atoms with E-state index in [9.17, 15) is 4.79 Å². The average Bonchev–Trinajstić information content (AvgIpc) is 2.95. The van der Waals surface area contributed by atoms with Gasteiger partial charge in [-0.05, 0) is 36.6 Å². The van der Waals surface area contributed by atoms with Crippen molar-refractivity contribution in [3.63, 3.8) is 0 Å². The number of nitrogens with one attached hydrogen (secondary N) is 2. The lowest BCUT2D eigenvalue weighted by Crippen LogP contribution is -2.32. The highest BCUT2D eigenvalue weighted by molar-refractivity contribution is 9.10. The highest BCUT2D eigenvalue weighted by Crippen LogP contribution is 2.34. The molecule has 3 rings (SSSR count). The number of carbonyl (C=O) groups is 1. The second kappa shape index (κ2) is 6.74. The van der Waals surface area contributed by atoms with Gasteiger partial charge in [-0.3, -0.25) is 9.89 Å². The third-order valence-corrected chi connectivity index (χ3v) is 4.30. The molecule has 1 aromatic heterocycles. The Balaban J connectivity index is 1.74. The number of halogens is 1. The van der Waals surface area contributed by atoms with Crippen molar-refractivity contribution < 1.29 is 9.53 Å². The van der Waals surface area contributed by atoms with Crippen molar-refractivity contribution in [2.75, 3.05) is 6.61 Å². The minimum Gasteiger partial charge on any atom is -0.493 e. The number of fused-ring (bicyclic) bond motifs is 1. The highest BCUT2D eigenvalue weighted by atomic mass is 79.9. The monoisotopic (exact) mass is 377 g/mol. The van der Waals surface area contributed by atoms with Gasteiger partial charge in [0.1, 0.15) is 11.4 Å². The third kappa shape index (κ3) is 3.75. The Morgan fingerprint density at radius 2 is 2.30 bits per heavy atom. The number of benzene rings is 1. The van der Waals surface area contributed by atoms with Gasteiger partial charge in [0, 0.05) is 22.2 Å². The van der Waals surface area contributed by atoms with E-state index in [0.29, 0.717) is 18.2 Å². The molecule has 0 fully saturated rings. The number of aromatic nitrogens is 2. The number of H-pyrrole nitrogens is 1. The molecular weight excluding hydrogens is 358 g/mol. The first kappa shape index (κ1) is 16.1. The van der Waals surface area contributed by atoms with Gasteiger partial charge in [-0.2, -0.15) is 5.10 Å². The van der Waals surface area contributed by atoms with Crippen LogP contribution in [0.4, 0.5) is 0 Å². The van der Waals surface area contributed by atoms with Crippen molar-refractivity contribution >= 4 is 21.8 Å². The molecule has 1 aliphatic heterocycles. The van der Waals surface area contributed by atoms with Crippen LogP contribution in [-0.4, -0.2) is 22.7 Å². The summed E-state index contributed by atoms with van der Waals surface area (Å²) in [5.74, 6) is 1.19. The Labute approximate surface area is 143 Å². The summed E-state index contributed by atoms with van der Waals surface area (Å²) in [6.07, 6.45) is 1.63. The summed E-state index contributed by atoms with van der Waals surface area (Å²) in [7, 11) is 0. The summed E-state index contributed by atoms with van der Waals surface area (Å²) >= 11 is 3.47. The number of ether oxygens (including phenoxy) is 1. The zero-order valence-electron chi connectivity index (χ0n) is 13.2. The average molecular weight is 378 g/mol. The fourth-order valence-electron chi connectivity index (χ4n) is 2.77. The molecule has 23 heavy (non-hydrogen) atoms. The summed E-state index contributed by atoms with van der Waals surface area (Å²) in [4.78, 5) is 12.5. The SMILES string of the molecule is CC(C)Cc1cc(C(=O)NC2CCOc3ccc(Br)cc32)n[nH]1. The number of aromatic amines is 1. The third-order valence-electron chi connectivity index (χ3n) is 3.81. The zero-order valence-corrected chi connectivity index (χ0v) is 14.8. The van der Waals surface area contributed by atoms with Crippen molar-refractivity contribution in [2.24, 2.45) is 5.92 Å². The van der Waals surface area contributed by atoms with Gasteiger partial charge in [-0.25, -0.2) is 0 Å². The number of amides is 1. The van der Waals surface area contributed by atoms with Crippen LogP contribution in [-0.2, 0) is 6.42 Å². The first-order chi connectivity index (χ1) is 11.0. The molecule has 1 unspecified atom stereocenters. The van der Waals surface area contributed by atoms with E-state index in [-0.39, 0.29) is 11.9 Å². The van der Waals surface area contributed by atoms with Crippen LogP contribution in [0.1, 0.15) is 48.1 Å². The van der Waals surface area contributed by atoms with Crippen LogP contribution in [0, 0.1) is 5.92 Å². The van der Waals surface area contributed by atoms with Crippen molar-refractivity contribution in [3.8, 4) is 5.75 Å². The van der Waals surface area contributed by atoms with Crippen LogP contribution in [0.2, 0.25) is 0 Å². The highest BCUT2D eigenvalue weighted by Gasteiger charge is 2.24. The van der Waals surface area contributed by atoms with Gasteiger partial charge in [0.15, 0.2) is 0 Å². The lowest BCUT2D eigenvalue weighted by molar-refractivity contribution is 0.0919. The quantitative estimate of drug-likeness (QED) is 0.854. The summed E-state index contributed by atoms with van der Waals surface area (Å²) in [5, 5.41) is 10.1. The molecule has 2 N–H and O–H groups in total. The maximum atomic E-state index is 12.5. The molecule has 2 heterocycles. The van der Waals surface area contributed by atoms with E-state index in [2.05, 4.69) is 45.3 Å². The second-order valence-corrected chi connectivity index (χ2v) is 7.14. The maximum Gasteiger partial charge on any atom is 0.272 e. The standard InChI is InChI=1S/C17H20BrN3O2/c1-10(2)7-12-9-15(21-20-12)17(22)19-14-5-6-23-16-4-3-11(18)8-13(14)16/h3-4,8-10,14H,5-7H2,1-2H3,(H,19,22)(H,20,21). The van der Waals surface area contributed by atoms with Gasteiger partial charge in [-0.15, -0.1) is 0 Å². The molecule has 6 heteroatoms. The fourth-order valence-corrected chi connectivity index (χ4v) is 3.15. The number of hydrogen-bond acceptors (Lipinski definition) is 3. The van der Waals surface area contributed by atoms with Gasteiger partial charge in [0.05, 0.1) is 12.6 Å². The predicted molar refractivity (Wildman–Crippen MR) is 91.6 cm³/mol. The van der Waals surface area contributed by atoms with Crippen LogP contribution in [0.25, 0.3) is 0 Å². The number of nitrogens with zero attached hydrogens (tertiary/aromatic N) is 1. The van der Waals surface area contributed by atoms with E-state index < -0.39 is 0 Å². The van der Waals surface area contributed by atoms with Crippen LogP contribution in [0.15, 0.2) is 28.7 Å². The van der Waals surface area contributed by atoms with Crippen molar-refractivity contribution in [1.29, 1.82) is 0 Å². The van der Waals surface area contributed by atoms with Crippen molar-refractivity contribution in [3.05, 3.63) is 45.7 Å². The molecule has 0 saturated carbocycles. The Hall–Kier alpha value is -1.82. The largest absolute Gasteiger partial charge is 0.493 e. The molecule has 0 spiro atoms. The first-order valence-electron chi connectivity index (χ1n) is 7.80. The van der Waals surface area contributed by atoms with Gasteiger partial charge >= 0.3 is 0 Å². The van der Waals surface area contributed by atoms with Crippen LogP contribution >= 0.6 is 15.9 Å². The molecule has 1 amide bonds. The minimum atomic E-state index is -0.158. The summed E-state index contributed by atoms with van der Waals surface area (Å²) < 4.78 is 6.62. The van der Waals surface area contributed by atoms with Crippen LogP contribution in [0.5, 0.6) is 5.75 Å². The van der Waals surface area contributed by atoms with Crippen LogP contribution < -0.4 is 10.1 Å². The summed E-state index contributed by atoms with van der Waals surface area (Å²) in [5.41, 5.74) is 2.42. The molecule has 1 aromatic carbocycles. The molecule has 5 nitrogen and oxygen atoms in total. The number of rotatable bonds is 4. The molecule has 1 atom stereocenters. The Kier molecular flexibility index (Phi) is 4.71. The van der Waals surface area contributed by atoms with E-state index in [1.54, 1.807) is 0 Å². The first-order valence-corrected chi connectivity index (χ1v) is 8.59. The predicted octanol–water partition coefficient (Wildman–Crippen LogP) is 3.62. The van der Waals surface area contributed by atoms with Crippen molar-refractivity contribution in [2.45, 2.75) is 32.7 Å². The molecule has 2 aromatic rings. The van der Waals surface area contributed by atoms with Crippen LogP contribution in [0.3, 0.4) is 0 Å². The number of carbonyl (C=O) groups excluding carboxylic acids is 1. The fraction of sp³-hybridized carbons (Fsp3) is 0.412. The zero-order chi connectivity index (χ0) is 16.4. The molecule has 122 valence electrons. The van der Waals surface area contributed by atoms with Gasteiger partial charge in [-0.1, -0.05) is 29.8 Å². The smallest absolute Gasteiger partial charge is 0.272 e. The van der Waals surface area contributed by atoms with Gasteiger partial charge in [0.2, 0.25) is 0 Å². The Bertz CT molecular complexity index is 712. The molecule has 0 bridgehead atoms. The summed E-state index contributed by atoms with van der Waals surface area (Å²) in [6.45, 7) is 4.87. The Morgan fingerprint density at radius 3 is 3.09 bits per heavy atom. The van der Waals surface area contributed by atoms with E-state index in [1.165, 1.54) is 0 Å². The van der Waals surface area contributed by atoms with E-state index in [0.717, 1.165) is 34.3 Å². The molecule has 0 aliphatic carbocycles. The molecule has 0 saturated heterocycles. The second-order valence-electron chi connectivity index (χ2n) is 6.22. The molecule has 0 radical (unpaired) electrons. The normalized spacial score (nSPS) is 16.8. The van der Waals surface area contributed by atoms with E-state index in [1.807, 2.05) is 24.3 Å². The van der Waals surface area contributed by atoms with E-state index in [4.69, 9.17) is 4.74 Å². The lowest BCUT2D eigenvalue weighted by atomic mass is 10.0.